The Kier molecular flexibility index (Phi) is 4.15. The third-order valence-electron chi connectivity index (χ3n) is 3.22. The molecule has 0 aliphatic heterocycles. The molecule has 3 aromatic rings. The molecule has 4 heteroatoms. The van der Waals surface area contributed by atoms with Gasteiger partial charge in [-0.2, -0.15) is 0 Å². The first kappa shape index (κ1) is 14.0. The number of hydrogen-bond acceptors (Lipinski definition) is 1. The molecule has 2 heterocycles. The number of methoxy groups -OCH3 is 1. The summed E-state index contributed by atoms with van der Waals surface area (Å²) >= 11 is 2.27. The molecule has 0 fully saturated rings. The van der Waals surface area contributed by atoms with Crippen molar-refractivity contribution >= 4 is 34.7 Å². The van der Waals surface area contributed by atoms with Crippen molar-refractivity contribution in [2.45, 2.75) is 0 Å². The highest BCUT2D eigenvalue weighted by molar-refractivity contribution is 14.1. The van der Waals surface area contributed by atoms with Crippen molar-refractivity contribution in [1.29, 1.82) is 0 Å². The van der Waals surface area contributed by atoms with Crippen LogP contribution in [-0.2, 0) is 0 Å². The lowest BCUT2D eigenvalue weighted by molar-refractivity contribution is 0.415. The van der Waals surface area contributed by atoms with E-state index in [1.165, 1.54) is 0 Å². The van der Waals surface area contributed by atoms with Gasteiger partial charge in [-0.3, -0.25) is 0 Å². The summed E-state index contributed by atoms with van der Waals surface area (Å²) in [7, 11) is 1.67. The smallest absolute Gasteiger partial charge is 0.118 e. The van der Waals surface area contributed by atoms with E-state index in [1.807, 2.05) is 24.3 Å². The second-order valence-electron chi connectivity index (χ2n) is 4.65. The van der Waals surface area contributed by atoms with Crippen molar-refractivity contribution in [1.82, 2.24) is 9.97 Å². The molecule has 0 unspecified atom stereocenters. The summed E-state index contributed by atoms with van der Waals surface area (Å²) in [5.41, 5.74) is 4.41. The molecule has 0 atom stereocenters. The Bertz CT molecular complexity index is 753. The fourth-order valence-corrected chi connectivity index (χ4v) is 2.56. The second kappa shape index (κ2) is 6.22. The Balaban J connectivity index is 1.75. The highest BCUT2D eigenvalue weighted by Gasteiger charge is 2.02. The highest BCUT2D eigenvalue weighted by Crippen LogP contribution is 2.20. The van der Waals surface area contributed by atoms with Gasteiger partial charge in [0.1, 0.15) is 5.75 Å². The molecule has 106 valence electrons. The summed E-state index contributed by atoms with van der Waals surface area (Å²) in [6, 6.07) is 16.3. The molecule has 0 amide bonds. The van der Waals surface area contributed by atoms with E-state index in [9.17, 15) is 0 Å². The van der Waals surface area contributed by atoms with E-state index in [4.69, 9.17) is 4.74 Å². The van der Waals surface area contributed by atoms with Crippen LogP contribution in [0.15, 0.2) is 48.5 Å². The fraction of sp³-hybridized carbons (Fsp3) is 0.0588. The molecule has 3 nitrogen and oxygen atoms in total. The summed E-state index contributed by atoms with van der Waals surface area (Å²) in [4.78, 5) is 6.70. The lowest BCUT2D eigenvalue weighted by atomic mass is 10.2. The Morgan fingerprint density at radius 1 is 0.857 bits per heavy atom. The van der Waals surface area contributed by atoms with E-state index in [2.05, 4.69) is 69.0 Å². The van der Waals surface area contributed by atoms with Gasteiger partial charge in [-0.1, -0.05) is 18.2 Å². The van der Waals surface area contributed by atoms with Crippen molar-refractivity contribution in [3.8, 4) is 17.1 Å². The van der Waals surface area contributed by atoms with E-state index in [-0.39, 0.29) is 0 Å². The molecule has 21 heavy (non-hydrogen) atoms. The van der Waals surface area contributed by atoms with Crippen LogP contribution in [-0.4, -0.2) is 17.1 Å². The normalized spacial score (nSPS) is 11.1. The monoisotopic (exact) mass is 390 g/mol. The summed E-state index contributed by atoms with van der Waals surface area (Å²) in [5.74, 6) is 0.871. The minimum atomic E-state index is 0.871. The lowest BCUT2D eigenvalue weighted by Gasteiger charge is -1.98. The molecule has 0 aliphatic carbocycles. The number of halogens is 1. The number of aromatic nitrogens is 2. The predicted molar refractivity (Wildman–Crippen MR) is 95.2 cm³/mol. The standard InChI is InChI=1S/C17H15IN2O/c1-21-14-7-3-12(4-8-14)2-5-13-6-9-15(19-13)16-10-11-17(18)20-16/h2-11,19-20H,1H3/b5-2+. The molecule has 0 bridgehead atoms. The first-order valence-corrected chi connectivity index (χ1v) is 7.68. The van der Waals surface area contributed by atoms with Crippen LogP contribution in [0.1, 0.15) is 11.3 Å². The maximum Gasteiger partial charge on any atom is 0.118 e. The first-order chi connectivity index (χ1) is 10.2. The number of rotatable bonds is 4. The molecule has 2 aromatic heterocycles. The summed E-state index contributed by atoms with van der Waals surface area (Å²) in [6.45, 7) is 0. The Hall–Kier alpha value is -1.95. The van der Waals surface area contributed by atoms with Gasteiger partial charge in [0.25, 0.3) is 0 Å². The second-order valence-corrected chi connectivity index (χ2v) is 5.82. The van der Waals surface area contributed by atoms with E-state index in [0.29, 0.717) is 0 Å². The van der Waals surface area contributed by atoms with Crippen molar-refractivity contribution in [3.63, 3.8) is 0 Å². The fourth-order valence-electron chi connectivity index (χ4n) is 2.09. The number of ether oxygens (including phenoxy) is 1. The van der Waals surface area contributed by atoms with Crippen LogP contribution in [0, 0.1) is 3.70 Å². The molecule has 0 saturated carbocycles. The van der Waals surface area contributed by atoms with E-state index in [0.717, 1.165) is 32.1 Å². The SMILES string of the molecule is COc1ccc(/C=C/c2ccc(-c3ccc(I)[nH]3)[nH]2)cc1. The first-order valence-electron chi connectivity index (χ1n) is 6.60. The zero-order valence-corrected chi connectivity index (χ0v) is 13.7. The molecular formula is C17H15IN2O. The van der Waals surface area contributed by atoms with Gasteiger partial charge in [-0.05, 0) is 70.6 Å². The average Bonchev–Trinajstić information content (AvgIpc) is 3.14. The minimum absolute atomic E-state index is 0.871. The molecule has 0 radical (unpaired) electrons. The van der Waals surface area contributed by atoms with Gasteiger partial charge in [0, 0.05) is 5.69 Å². The van der Waals surface area contributed by atoms with Crippen molar-refractivity contribution in [2.75, 3.05) is 7.11 Å². The Morgan fingerprint density at radius 2 is 1.57 bits per heavy atom. The van der Waals surface area contributed by atoms with Gasteiger partial charge in [-0.15, -0.1) is 0 Å². The zero-order valence-electron chi connectivity index (χ0n) is 11.6. The summed E-state index contributed by atoms with van der Waals surface area (Å²) < 4.78 is 6.28. The van der Waals surface area contributed by atoms with Crippen molar-refractivity contribution < 1.29 is 4.74 Å². The highest BCUT2D eigenvalue weighted by atomic mass is 127. The van der Waals surface area contributed by atoms with Crippen LogP contribution in [0.3, 0.4) is 0 Å². The van der Waals surface area contributed by atoms with Gasteiger partial charge in [0.05, 0.1) is 22.2 Å². The topological polar surface area (TPSA) is 40.8 Å². The van der Waals surface area contributed by atoms with Gasteiger partial charge in [0.2, 0.25) is 0 Å². The van der Waals surface area contributed by atoms with E-state index in [1.54, 1.807) is 7.11 Å². The van der Waals surface area contributed by atoms with Gasteiger partial charge >= 0.3 is 0 Å². The number of H-pyrrole nitrogens is 2. The van der Waals surface area contributed by atoms with Crippen LogP contribution in [0.5, 0.6) is 5.75 Å². The summed E-state index contributed by atoms with van der Waals surface area (Å²) in [5, 5.41) is 0. The van der Waals surface area contributed by atoms with Gasteiger partial charge in [0.15, 0.2) is 0 Å². The molecule has 0 aliphatic rings. The molecule has 3 rings (SSSR count). The third kappa shape index (κ3) is 3.39. The maximum absolute atomic E-state index is 5.15. The number of aromatic amines is 2. The number of hydrogen-bond donors (Lipinski definition) is 2. The Morgan fingerprint density at radius 3 is 2.24 bits per heavy atom. The maximum atomic E-state index is 5.15. The third-order valence-corrected chi connectivity index (χ3v) is 3.85. The predicted octanol–water partition coefficient (Wildman–Crippen LogP) is 4.79. The van der Waals surface area contributed by atoms with E-state index < -0.39 is 0 Å². The van der Waals surface area contributed by atoms with Crippen LogP contribution in [0.4, 0.5) is 0 Å². The van der Waals surface area contributed by atoms with Crippen molar-refractivity contribution in [2.24, 2.45) is 0 Å². The largest absolute Gasteiger partial charge is 0.497 e. The average molecular weight is 390 g/mol. The van der Waals surface area contributed by atoms with E-state index >= 15 is 0 Å². The molecule has 0 spiro atoms. The zero-order chi connectivity index (χ0) is 14.7. The quantitative estimate of drug-likeness (QED) is 0.618. The number of nitrogens with one attached hydrogen (secondary N) is 2. The molecule has 0 saturated heterocycles. The molecule has 2 N–H and O–H groups in total. The molecule has 1 aromatic carbocycles. The van der Waals surface area contributed by atoms with Gasteiger partial charge in [-0.25, -0.2) is 0 Å². The summed E-state index contributed by atoms with van der Waals surface area (Å²) in [6.07, 6.45) is 4.15. The number of benzene rings is 1. The van der Waals surface area contributed by atoms with Crippen LogP contribution in [0.2, 0.25) is 0 Å². The lowest BCUT2D eigenvalue weighted by Crippen LogP contribution is -1.81. The van der Waals surface area contributed by atoms with Crippen LogP contribution in [0.25, 0.3) is 23.5 Å². The van der Waals surface area contributed by atoms with Crippen molar-refractivity contribution in [3.05, 3.63) is 63.5 Å². The minimum Gasteiger partial charge on any atom is -0.497 e. The molecular weight excluding hydrogens is 375 g/mol. The van der Waals surface area contributed by atoms with Gasteiger partial charge < -0.3 is 14.7 Å². The van der Waals surface area contributed by atoms with Crippen LogP contribution >= 0.6 is 22.6 Å². The van der Waals surface area contributed by atoms with Crippen LogP contribution < -0.4 is 4.74 Å². The Labute approximate surface area is 137 Å².